The fraction of sp³-hybridized carbons (Fsp3) is 0.714. The molecule has 0 aromatic carbocycles. The highest BCUT2D eigenvalue weighted by atomic mass is 32.2. The summed E-state index contributed by atoms with van der Waals surface area (Å²) in [6.45, 7) is 6.66. The number of sulfonamides is 1. The van der Waals surface area contributed by atoms with Gasteiger partial charge in [0.05, 0.1) is 6.10 Å². The lowest BCUT2D eigenvalue weighted by Crippen LogP contribution is -2.61. The van der Waals surface area contributed by atoms with Gasteiger partial charge in [0.1, 0.15) is 4.21 Å². The summed E-state index contributed by atoms with van der Waals surface area (Å²) in [4.78, 5) is 0.873. The summed E-state index contributed by atoms with van der Waals surface area (Å²) in [6.07, 6.45) is 1.29. The number of hydrogen-bond acceptors (Lipinski definition) is 5. The smallest absolute Gasteiger partial charge is 0.250 e. The predicted octanol–water partition coefficient (Wildman–Crippen LogP) is 1.76. The van der Waals surface area contributed by atoms with E-state index in [0.717, 1.165) is 4.88 Å². The first-order valence-electron chi connectivity index (χ1n) is 7.14. The van der Waals surface area contributed by atoms with E-state index in [2.05, 4.69) is 4.72 Å². The minimum atomic E-state index is -3.50. The molecule has 1 saturated carbocycles. The fourth-order valence-corrected chi connectivity index (χ4v) is 5.33. The van der Waals surface area contributed by atoms with Crippen LogP contribution in [0.5, 0.6) is 0 Å². The number of aliphatic hydroxyl groups is 1. The van der Waals surface area contributed by atoms with Gasteiger partial charge in [0.25, 0.3) is 0 Å². The molecule has 0 saturated heterocycles. The first kappa shape index (κ1) is 16.9. The van der Waals surface area contributed by atoms with Crippen molar-refractivity contribution in [1.82, 2.24) is 4.72 Å². The Labute approximate surface area is 130 Å². The van der Waals surface area contributed by atoms with Crippen molar-refractivity contribution in [3.05, 3.63) is 17.0 Å². The Morgan fingerprint density at radius 3 is 2.76 bits per heavy atom. The van der Waals surface area contributed by atoms with Crippen molar-refractivity contribution in [2.45, 2.75) is 50.0 Å². The van der Waals surface area contributed by atoms with E-state index >= 15 is 0 Å². The first-order chi connectivity index (χ1) is 9.81. The molecule has 2 rings (SSSR count). The Kier molecular flexibility index (Phi) is 5.10. The van der Waals surface area contributed by atoms with Crippen LogP contribution in [-0.2, 0) is 21.2 Å². The lowest BCUT2D eigenvalue weighted by molar-refractivity contribution is -0.108. The van der Waals surface area contributed by atoms with E-state index in [4.69, 9.17) is 9.84 Å². The van der Waals surface area contributed by atoms with Gasteiger partial charge in [-0.1, -0.05) is 13.8 Å². The zero-order chi connectivity index (χ0) is 15.7. The topological polar surface area (TPSA) is 75.6 Å². The number of ether oxygens (including phenoxy) is 1. The van der Waals surface area contributed by atoms with Crippen LogP contribution in [-0.4, -0.2) is 38.9 Å². The van der Waals surface area contributed by atoms with Gasteiger partial charge in [-0.3, -0.25) is 0 Å². The minimum Gasteiger partial charge on any atom is -0.396 e. The van der Waals surface area contributed by atoms with Crippen LogP contribution in [0.2, 0.25) is 0 Å². The Bertz CT molecular complexity index is 580. The Balaban J connectivity index is 2.05. The van der Waals surface area contributed by atoms with Crippen LogP contribution in [0.3, 0.4) is 0 Å². The van der Waals surface area contributed by atoms with Crippen LogP contribution in [0.25, 0.3) is 0 Å². The molecule has 0 spiro atoms. The molecule has 2 N–H and O–H groups in total. The van der Waals surface area contributed by atoms with Crippen LogP contribution in [0.15, 0.2) is 16.3 Å². The number of thiophene rings is 1. The predicted molar refractivity (Wildman–Crippen MR) is 83.0 cm³/mol. The summed E-state index contributed by atoms with van der Waals surface area (Å²) < 4.78 is 33.5. The molecular formula is C14H23NO4S2. The second-order valence-corrected chi connectivity index (χ2v) is 8.98. The molecule has 0 radical (unpaired) electrons. The van der Waals surface area contributed by atoms with Crippen molar-refractivity contribution in [2.75, 3.05) is 13.2 Å². The van der Waals surface area contributed by atoms with Crippen molar-refractivity contribution in [2.24, 2.45) is 5.41 Å². The fourth-order valence-electron chi connectivity index (χ4n) is 2.56. The number of rotatable bonds is 7. The normalized spacial score (nSPS) is 24.8. The molecule has 7 heteroatoms. The average molecular weight is 333 g/mol. The van der Waals surface area contributed by atoms with Gasteiger partial charge in [-0.25, -0.2) is 13.1 Å². The standard InChI is InChI=1S/C14H23NO4S2/c1-4-19-12-9-11(14(12,2)3)15-21(17,18)13-6-5-10(20-13)7-8-16/h5-6,11-12,15-16H,4,7-9H2,1-3H3. The summed E-state index contributed by atoms with van der Waals surface area (Å²) in [5, 5.41) is 8.90. The Morgan fingerprint density at radius 1 is 1.48 bits per heavy atom. The van der Waals surface area contributed by atoms with Crippen molar-refractivity contribution in [3.8, 4) is 0 Å². The van der Waals surface area contributed by atoms with E-state index in [1.165, 1.54) is 11.3 Å². The lowest BCUT2D eigenvalue weighted by atomic mass is 9.65. The van der Waals surface area contributed by atoms with Gasteiger partial charge in [0.15, 0.2) is 0 Å². The maximum absolute atomic E-state index is 12.4. The van der Waals surface area contributed by atoms with E-state index in [1.807, 2.05) is 20.8 Å². The van der Waals surface area contributed by atoms with Gasteiger partial charge < -0.3 is 9.84 Å². The SMILES string of the molecule is CCOC1CC(NS(=O)(=O)c2ccc(CCO)s2)C1(C)C. The molecule has 1 aromatic heterocycles. The summed E-state index contributed by atoms with van der Waals surface area (Å²) in [7, 11) is -3.50. The lowest BCUT2D eigenvalue weighted by Gasteiger charge is -2.51. The summed E-state index contributed by atoms with van der Waals surface area (Å²) in [6, 6.07) is 3.25. The maximum atomic E-state index is 12.4. The molecule has 0 bridgehead atoms. The van der Waals surface area contributed by atoms with Gasteiger partial charge in [0, 0.05) is 36.0 Å². The van der Waals surface area contributed by atoms with Crippen LogP contribution in [0.4, 0.5) is 0 Å². The maximum Gasteiger partial charge on any atom is 0.250 e. The Morgan fingerprint density at radius 2 is 2.19 bits per heavy atom. The first-order valence-corrected chi connectivity index (χ1v) is 9.44. The largest absolute Gasteiger partial charge is 0.396 e. The van der Waals surface area contributed by atoms with Gasteiger partial charge in [0.2, 0.25) is 10.0 Å². The second kappa shape index (κ2) is 6.34. The molecule has 0 amide bonds. The van der Waals surface area contributed by atoms with E-state index in [9.17, 15) is 8.42 Å². The quantitative estimate of drug-likeness (QED) is 0.797. The van der Waals surface area contributed by atoms with Gasteiger partial charge >= 0.3 is 0 Å². The van der Waals surface area contributed by atoms with E-state index in [1.54, 1.807) is 12.1 Å². The zero-order valence-electron chi connectivity index (χ0n) is 12.6. The van der Waals surface area contributed by atoms with Crippen LogP contribution >= 0.6 is 11.3 Å². The van der Waals surface area contributed by atoms with Crippen molar-refractivity contribution in [3.63, 3.8) is 0 Å². The highest BCUT2D eigenvalue weighted by Gasteiger charge is 2.50. The number of nitrogens with one attached hydrogen (secondary N) is 1. The van der Waals surface area contributed by atoms with Gasteiger partial charge in [-0.15, -0.1) is 11.3 Å². The monoisotopic (exact) mass is 333 g/mol. The minimum absolute atomic E-state index is 0.0269. The molecule has 0 aliphatic heterocycles. The van der Waals surface area contributed by atoms with Gasteiger partial charge in [-0.05, 0) is 25.5 Å². The molecule has 1 fully saturated rings. The molecule has 1 heterocycles. The van der Waals surface area contributed by atoms with Crippen molar-refractivity contribution >= 4 is 21.4 Å². The Hall–Kier alpha value is -0.470. The molecule has 120 valence electrons. The van der Waals surface area contributed by atoms with Crippen molar-refractivity contribution in [1.29, 1.82) is 0 Å². The summed E-state index contributed by atoms with van der Waals surface area (Å²) in [5.74, 6) is 0. The van der Waals surface area contributed by atoms with Crippen LogP contribution in [0.1, 0.15) is 32.1 Å². The molecule has 2 unspecified atom stereocenters. The van der Waals surface area contributed by atoms with Crippen LogP contribution < -0.4 is 4.72 Å². The van der Waals surface area contributed by atoms with E-state index < -0.39 is 10.0 Å². The zero-order valence-corrected chi connectivity index (χ0v) is 14.3. The third-order valence-electron chi connectivity index (χ3n) is 4.10. The number of aliphatic hydroxyl groups excluding tert-OH is 1. The van der Waals surface area contributed by atoms with Crippen LogP contribution in [0, 0.1) is 5.41 Å². The summed E-state index contributed by atoms with van der Waals surface area (Å²) in [5.41, 5.74) is -0.200. The van der Waals surface area contributed by atoms with E-state index in [0.29, 0.717) is 23.7 Å². The highest BCUT2D eigenvalue weighted by Crippen LogP contribution is 2.43. The third kappa shape index (κ3) is 3.48. The molecular weight excluding hydrogens is 310 g/mol. The summed E-state index contributed by atoms with van der Waals surface area (Å²) >= 11 is 1.21. The van der Waals surface area contributed by atoms with Crippen molar-refractivity contribution < 1.29 is 18.3 Å². The average Bonchev–Trinajstić information content (AvgIpc) is 2.87. The molecule has 21 heavy (non-hydrogen) atoms. The number of hydrogen-bond donors (Lipinski definition) is 2. The van der Waals surface area contributed by atoms with Gasteiger partial charge in [-0.2, -0.15) is 0 Å². The second-order valence-electron chi connectivity index (χ2n) is 5.87. The molecule has 5 nitrogen and oxygen atoms in total. The molecule has 1 aromatic rings. The molecule has 1 aliphatic rings. The highest BCUT2D eigenvalue weighted by molar-refractivity contribution is 7.91. The molecule has 2 atom stereocenters. The third-order valence-corrected chi connectivity index (χ3v) is 7.21. The molecule has 1 aliphatic carbocycles. The van der Waals surface area contributed by atoms with E-state index in [-0.39, 0.29) is 24.2 Å².